The highest BCUT2D eigenvalue weighted by Gasteiger charge is 2.22. The van der Waals surface area contributed by atoms with E-state index in [4.69, 9.17) is 5.73 Å². The van der Waals surface area contributed by atoms with Gasteiger partial charge in [-0.2, -0.15) is 5.10 Å². The molecule has 1 heterocycles. The summed E-state index contributed by atoms with van der Waals surface area (Å²) in [6.07, 6.45) is 0.887. The second-order valence-electron chi connectivity index (χ2n) is 5.48. The predicted octanol–water partition coefficient (Wildman–Crippen LogP) is 2.39. The summed E-state index contributed by atoms with van der Waals surface area (Å²) in [5.74, 6) is 0.0320. The summed E-state index contributed by atoms with van der Waals surface area (Å²) in [5.41, 5.74) is 8.54. The molecule has 0 aliphatic rings. The number of nitrogens with zero attached hydrogens (tertiary/aromatic N) is 2. The Morgan fingerprint density at radius 1 is 1.37 bits per heavy atom. The van der Waals surface area contributed by atoms with Crippen molar-refractivity contribution in [1.29, 1.82) is 0 Å². The fourth-order valence-electron chi connectivity index (χ4n) is 2.07. The van der Waals surface area contributed by atoms with Gasteiger partial charge in [0.2, 0.25) is 5.91 Å². The SMILES string of the molecule is CCC(C)C(N)C(=O)Nc1c(C)nn(C(C)C)c1C. The van der Waals surface area contributed by atoms with Crippen molar-refractivity contribution in [2.24, 2.45) is 11.7 Å². The molecule has 1 amide bonds. The van der Waals surface area contributed by atoms with Crippen LogP contribution in [0.4, 0.5) is 5.69 Å². The quantitative estimate of drug-likeness (QED) is 0.859. The lowest BCUT2D eigenvalue weighted by Crippen LogP contribution is -2.40. The first-order chi connectivity index (χ1) is 8.79. The number of rotatable bonds is 5. The van der Waals surface area contributed by atoms with Crippen molar-refractivity contribution in [2.45, 2.75) is 60.0 Å². The zero-order valence-corrected chi connectivity index (χ0v) is 12.8. The maximum absolute atomic E-state index is 12.1. The number of carbonyl (C=O) groups excluding carboxylic acids is 1. The van der Waals surface area contributed by atoms with Crippen molar-refractivity contribution in [3.05, 3.63) is 11.4 Å². The number of nitrogens with two attached hydrogens (primary N) is 1. The molecule has 0 aromatic carbocycles. The van der Waals surface area contributed by atoms with Gasteiger partial charge in [-0.05, 0) is 33.6 Å². The van der Waals surface area contributed by atoms with E-state index in [0.717, 1.165) is 23.5 Å². The molecule has 0 aliphatic heterocycles. The molecular weight excluding hydrogens is 240 g/mol. The Balaban J connectivity index is 2.91. The van der Waals surface area contributed by atoms with Crippen molar-refractivity contribution in [2.75, 3.05) is 5.32 Å². The van der Waals surface area contributed by atoms with E-state index in [2.05, 4.69) is 24.3 Å². The molecular formula is C14H26N4O. The topological polar surface area (TPSA) is 72.9 Å². The molecule has 19 heavy (non-hydrogen) atoms. The standard InChI is InChI=1S/C14H26N4O/c1-7-9(4)12(15)14(19)16-13-10(5)17-18(8(2)3)11(13)6/h8-9,12H,7,15H2,1-6H3,(H,16,19). The van der Waals surface area contributed by atoms with Gasteiger partial charge in [-0.25, -0.2) is 0 Å². The number of aromatic nitrogens is 2. The van der Waals surface area contributed by atoms with Crippen LogP contribution in [0.5, 0.6) is 0 Å². The molecule has 0 fully saturated rings. The minimum absolute atomic E-state index is 0.135. The molecule has 5 nitrogen and oxygen atoms in total. The van der Waals surface area contributed by atoms with Crippen LogP contribution in [-0.4, -0.2) is 21.7 Å². The van der Waals surface area contributed by atoms with E-state index >= 15 is 0 Å². The highest BCUT2D eigenvalue weighted by molar-refractivity contribution is 5.95. The number of hydrogen-bond donors (Lipinski definition) is 2. The van der Waals surface area contributed by atoms with Crippen LogP contribution in [0, 0.1) is 19.8 Å². The molecule has 0 spiro atoms. The maximum Gasteiger partial charge on any atom is 0.241 e. The highest BCUT2D eigenvalue weighted by atomic mass is 16.2. The van der Waals surface area contributed by atoms with Crippen molar-refractivity contribution in [3.63, 3.8) is 0 Å². The van der Waals surface area contributed by atoms with Gasteiger partial charge in [-0.1, -0.05) is 20.3 Å². The van der Waals surface area contributed by atoms with Crippen molar-refractivity contribution >= 4 is 11.6 Å². The Hall–Kier alpha value is -1.36. The Morgan fingerprint density at radius 3 is 2.37 bits per heavy atom. The molecule has 2 atom stereocenters. The molecule has 1 aromatic rings. The van der Waals surface area contributed by atoms with Gasteiger partial charge in [0.25, 0.3) is 0 Å². The summed E-state index contributed by atoms with van der Waals surface area (Å²) >= 11 is 0. The zero-order valence-electron chi connectivity index (χ0n) is 12.8. The van der Waals surface area contributed by atoms with E-state index in [1.54, 1.807) is 0 Å². The molecule has 3 N–H and O–H groups in total. The molecule has 0 saturated heterocycles. The number of hydrogen-bond acceptors (Lipinski definition) is 3. The third-order valence-electron chi connectivity index (χ3n) is 3.62. The molecule has 0 aliphatic carbocycles. The number of aryl methyl sites for hydroxylation is 1. The molecule has 1 aromatic heterocycles. The number of nitrogens with one attached hydrogen (secondary N) is 1. The largest absolute Gasteiger partial charge is 0.322 e. The van der Waals surface area contributed by atoms with Crippen molar-refractivity contribution in [1.82, 2.24) is 9.78 Å². The Morgan fingerprint density at radius 2 is 1.95 bits per heavy atom. The van der Waals surface area contributed by atoms with E-state index in [1.165, 1.54) is 0 Å². The van der Waals surface area contributed by atoms with E-state index in [1.807, 2.05) is 32.4 Å². The molecule has 5 heteroatoms. The van der Waals surface area contributed by atoms with Gasteiger partial charge in [0, 0.05) is 6.04 Å². The first kappa shape index (κ1) is 15.7. The third kappa shape index (κ3) is 3.35. The van der Waals surface area contributed by atoms with E-state index in [-0.39, 0.29) is 17.9 Å². The molecule has 0 saturated carbocycles. The first-order valence-corrected chi connectivity index (χ1v) is 6.91. The molecule has 2 unspecified atom stereocenters. The summed E-state index contributed by atoms with van der Waals surface area (Å²) in [4.78, 5) is 12.1. The summed E-state index contributed by atoms with van der Waals surface area (Å²) < 4.78 is 1.92. The number of anilines is 1. The lowest BCUT2D eigenvalue weighted by Gasteiger charge is -2.18. The minimum Gasteiger partial charge on any atom is -0.322 e. The van der Waals surface area contributed by atoms with E-state index in [0.29, 0.717) is 0 Å². The summed E-state index contributed by atoms with van der Waals surface area (Å²) in [7, 11) is 0. The highest BCUT2D eigenvalue weighted by Crippen LogP contribution is 2.23. The summed E-state index contributed by atoms with van der Waals surface area (Å²) in [6.45, 7) is 12.0. The van der Waals surface area contributed by atoms with Gasteiger partial charge in [0.15, 0.2) is 0 Å². The lowest BCUT2D eigenvalue weighted by molar-refractivity contribution is -0.118. The second-order valence-corrected chi connectivity index (χ2v) is 5.48. The fourth-order valence-corrected chi connectivity index (χ4v) is 2.07. The fraction of sp³-hybridized carbons (Fsp3) is 0.714. The second kappa shape index (κ2) is 6.19. The first-order valence-electron chi connectivity index (χ1n) is 6.91. The maximum atomic E-state index is 12.1. The van der Waals surface area contributed by atoms with E-state index in [9.17, 15) is 4.79 Å². The van der Waals surface area contributed by atoms with Crippen LogP contribution in [0.3, 0.4) is 0 Å². The van der Waals surface area contributed by atoms with Crippen LogP contribution in [0.15, 0.2) is 0 Å². The average Bonchev–Trinajstić information content (AvgIpc) is 2.64. The van der Waals surface area contributed by atoms with Gasteiger partial charge < -0.3 is 11.1 Å². The summed E-state index contributed by atoms with van der Waals surface area (Å²) in [6, 6.07) is -0.209. The van der Waals surface area contributed by atoms with Crippen LogP contribution in [0.25, 0.3) is 0 Å². The molecule has 0 radical (unpaired) electrons. The van der Waals surface area contributed by atoms with Gasteiger partial charge in [0.05, 0.1) is 23.1 Å². The monoisotopic (exact) mass is 266 g/mol. The minimum atomic E-state index is -0.480. The summed E-state index contributed by atoms with van der Waals surface area (Å²) in [5, 5.41) is 7.37. The van der Waals surface area contributed by atoms with Gasteiger partial charge in [-0.15, -0.1) is 0 Å². The van der Waals surface area contributed by atoms with Crippen LogP contribution in [0.2, 0.25) is 0 Å². The lowest BCUT2D eigenvalue weighted by atomic mass is 9.99. The normalized spacial score (nSPS) is 14.5. The number of amides is 1. The van der Waals surface area contributed by atoms with Gasteiger partial charge >= 0.3 is 0 Å². The van der Waals surface area contributed by atoms with Crippen LogP contribution in [-0.2, 0) is 4.79 Å². The zero-order chi connectivity index (χ0) is 14.7. The van der Waals surface area contributed by atoms with E-state index < -0.39 is 6.04 Å². The smallest absolute Gasteiger partial charge is 0.241 e. The third-order valence-corrected chi connectivity index (χ3v) is 3.62. The van der Waals surface area contributed by atoms with Gasteiger partial charge in [-0.3, -0.25) is 9.48 Å². The predicted molar refractivity (Wildman–Crippen MR) is 78.1 cm³/mol. The van der Waals surface area contributed by atoms with Crippen LogP contribution in [0.1, 0.15) is 51.5 Å². The number of carbonyl (C=O) groups is 1. The Bertz CT molecular complexity index is 451. The Kier molecular flexibility index (Phi) is 5.11. The van der Waals surface area contributed by atoms with Crippen LogP contribution >= 0.6 is 0 Å². The Labute approximate surface area is 115 Å². The van der Waals surface area contributed by atoms with Crippen molar-refractivity contribution < 1.29 is 4.79 Å². The molecule has 0 bridgehead atoms. The van der Waals surface area contributed by atoms with Crippen LogP contribution < -0.4 is 11.1 Å². The molecule has 1 rings (SSSR count). The van der Waals surface area contributed by atoms with Gasteiger partial charge in [0.1, 0.15) is 0 Å². The molecule has 108 valence electrons. The average molecular weight is 266 g/mol. The van der Waals surface area contributed by atoms with Crippen molar-refractivity contribution in [3.8, 4) is 0 Å².